The highest BCUT2D eigenvalue weighted by atomic mass is 35.5. The molecule has 7 heteroatoms. The van der Waals surface area contributed by atoms with Gasteiger partial charge in [0, 0.05) is 15.6 Å². The van der Waals surface area contributed by atoms with E-state index in [4.69, 9.17) is 39.5 Å². The number of imidazole rings is 1. The maximum Gasteiger partial charge on any atom is 0.244 e. The highest BCUT2D eigenvalue weighted by molar-refractivity contribution is 6.35. The molecule has 0 saturated carbocycles. The van der Waals surface area contributed by atoms with Crippen LogP contribution in [-0.2, 0) is 13.1 Å². The van der Waals surface area contributed by atoms with E-state index in [9.17, 15) is 5.11 Å². The third-order valence-corrected chi connectivity index (χ3v) is 4.70. The van der Waals surface area contributed by atoms with Crippen molar-refractivity contribution in [3.63, 3.8) is 0 Å². The quantitative estimate of drug-likeness (QED) is 0.590. The van der Waals surface area contributed by atoms with Gasteiger partial charge < -0.3 is 9.84 Å². The van der Waals surface area contributed by atoms with Gasteiger partial charge in [0.25, 0.3) is 0 Å². The Hall–Kier alpha value is -1.72. The fourth-order valence-corrected chi connectivity index (χ4v) is 3.20. The van der Waals surface area contributed by atoms with E-state index in [0.717, 1.165) is 10.6 Å². The van der Waals surface area contributed by atoms with Crippen LogP contribution in [0.15, 0.2) is 61.2 Å². The van der Waals surface area contributed by atoms with Crippen molar-refractivity contribution in [2.24, 2.45) is 0 Å². The Kier molecular flexibility index (Phi) is 6.43. The molecule has 26 heavy (non-hydrogen) atoms. The summed E-state index contributed by atoms with van der Waals surface area (Å²) in [5.41, 5.74) is 1.04. The number of hydrogen-bond acceptors (Lipinski definition) is 2. The molecule has 0 aliphatic carbocycles. The number of nitrogens with zero attached hydrogens (tertiary/aromatic N) is 2. The Labute approximate surface area is 167 Å². The van der Waals surface area contributed by atoms with Crippen LogP contribution in [0.4, 0.5) is 0 Å². The van der Waals surface area contributed by atoms with Gasteiger partial charge in [0.2, 0.25) is 6.33 Å². The monoisotopic (exact) mass is 411 g/mol. The van der Waals surface area contributed by atoms with Gasteiger partial charge in [-0.2, -0.15) is 0 Å². The molecule has 4 nitrogen and oxygen atoms in total. The topological polar surface area (TPSA) is 38.3 Å². The van der Waals surface area contributed by atoms with Gasteiger partial charge >= 0.3 is 0 Å². The molecule has 0 fully saturated rings. The van der Waals surface area contributed by atoms with Gasteiger partial charge in [-0.25, -0.2) is 9.13 Å². The highest BCUT2D eigenvalue weighted by Gasteiger charge is 2.13. The lowest BCUT2D eigenvalue weighted by Gasteiger charge is -2.12. The van der Waals surface area contributed by atoms with Crippen LogP contribution in [0.3, 0.4) is 0 Å². The van der Waals surface area contributed by atoms with Crippen LogP contribution in [0.25, 0.3) is 0 Å². The van der Waals surface area contributed by atoms with Gasteiger partial charge in [-0.05, 0) is 24.3 Å². The van der Waals surface area contributed by atoms with Gasteiger partial charge in [0.15, 0.2) is 0 Å². The number of rotatable bonds is 7. The minimum Gasteiger partial charge on any atom is -0.489 e. The summed E-state index contributed by atoms with van der Waals surface area (Å²) >= 11 is 18.1. The molecule has 0 saturated heterocycles. The number of halogens is 3. The van der Waals surface area contributed by atoms with Crippen molar-refractivity contribution < 1.29 is 14.4 Å². The van der Waals surface area contributed by atoms with E-state index in [0.29, 0.717) is 28.9 Å². The summed E-state index contributed by atoms with van der Waals surface area (Å²) in [6.07, 6.45) is 5.08. The van der Waals surface area contributed by atoms with E-state index in [1.165, 1.54) is 0 Å². The highest BCUT2D eigenvalue weighted by Crippen LogP contribution is 2.27. The van der Waals surface area contributed by atoms with E-state index in [1.807, 2.05) is 52.1 Å². The second kappa shape index (κ2) is 8.78. The van der Waals surface area contributed by atoms with E-state index in [-0.39, 0.29) is 6.61 Å². The van der Waals surface area contributed by atoms with Crippen LogP contribution >= 0.6 is 34.8 Å². The second-order valence-electron chi connectivity index (χ2n) is 5.91. The summed E-state index contributed by atoms with van der Waals surface area (Å²) in [5.74, 6) is 0.497. The lowest BCUT2D eigenvalue weighted by atomic mass is 10.2. The number of aromatic nitrogens is 2. The largest absolute Gasteiger partial charge is 0.489 e. The molecule has 1 atom stereocenters. The third-order valence-electron chi connectivity index (χ3n) is 3.80. The Bertz CT molecular complexity index is 883. The van der Waals surface area contributed by atoms with Gasteiger partial charge in [0.05, 0.1) is 5.02 Å². The van der Waals surface area contributed by atoms with E-state index >= 15 is 0 Å². The molecular weight excluding hydrogens is 395 g/mol. The molecule has 1 heterocycles. The van der Waals surface area contributed by atoms with Crippen LogP contribution < -0.4 is 9.30 Å². The summed E-state index contributed by atoms with van der Waals surface area (Å²) in [4.78, 5) is 0. The predicted octanol–water partition coefficient (Wildman–Crippen LogP) is 4.22. The first-order valence-corrected chi connectivity index (χ1v) is 9.19. The van der Waals surface area contributed by atoms with E-state index in [1.54, 1.807) is 18.2 Å². The molecule has 0 bridgehead atoms. The first-order chi connectivity index (χ1) is 12.5. The smallest absolute Gasteiger partial charge is 0.244 e. The van der Waals surface area contributed by atoms with Crippen LogP contribution in [0.1, 0.15) is 5.56 Å². The van der Waals surface area contributed by atoms with Crippen molar-refractivity contribution in [2.75, 3.05) is 6.61 Å². The summed E-state index contributed by atoms with van der Waals surface area (Å²) in [5, 5.41) is 11.9. The molecule has 0 unspecified atom stereocenters. The summed E-state index contributed by atoms with van der Waals surface area (Å²) in [7, 11) is 0. The Balaban J connectivity index is 1.54. The van der Waals surface area contributed by atoms with E-state index in [2.05, 4.69) is 0 Å². The molecule has 0 aliphatic heterocycles. The van der Waals surface area contributed by atoms with Crippen molar-refractivity contribution in [1.82, 2.24) is 4.57 Å². The molecule has 1 N–H and O–H groups in total. The minimum absolute atomic E-state index is 0.129. The molecule has 0 amide bonds. The molecule has 3 aromatic rings. The van der Waals surface area contributed by atoms with Crippen molar-refractivity contribution in [3.8, 4) is 5.75 Å². The maximum atomic E-state index is 10.2. The number of aliphatic hydroxyl groups excluding tert-OH is 1. The van der Waals surface area contributed by atoms with Crippen molar-refractivity contribution in [2.45, 2.75) is 19.2 Å². The predicted molar refractivity (Wildman–Crippen MR) is 103 cm³/mol. The molecule has 2 aromatic carbocycles. The molecule has 3 rings (SSSR count). The zero-order valence-electron chi connectivity index (χ0n) is 13.9. The molecular formula is C19H18Cl3N2O2+. The van der Waals surface area contributed by atoms with Crippen LogP contribution in [0.5, 0.6) is 5.75 Å². The maximum absolute atomic E-state index is 10.2. The van der Waals surface area contributed by atoms with Gasteiger partial charge in [-0.15, -0.1) is 0 Å². The molecule has 0 radical (unpaired) electrons. The van der Waals surface area contributed by atoms with Gasteiger partial charge in [-0.1, -0.05) is 53.0 Å². The fourth-order valence-electron chi connectivity index (χ4n) is 2.54. The summed E-state index contributed by atoms with van der Waals surface area (Å²) < 4.78 is 9.47. The van der Waals surface area contributed by atoms with Gasteiger partial charge in [0.1, 0.15) is 43.9 Å². The molecule has 1 aromatic heterocycles. The molecule has 0 spiro atoms. The zero-order chi connectivity index (χ0) is 18.5. The SMILES string of the molecule is O[C@@H](COc1ccc(Cl)cc1Cl)Cn1cc[n+](Cc2ccccc2Cl)c1. The number of benzene rings is 2. The minimum atomic E-state index is -0.678. The average Bonchev–Trinajstić information content (AvgIpc) is 3.03. The fraction of sp³-hybridized carbons (Fsp3) is 0.211. The van der Waals surface area contributed by atoms with Crippen LogP contribution in [0, 0.1) is 0 Å². The third kappa shape index (κ3) is 5.15. The summed E-state index contributed by atoms with van der Waals surface area (Å²) in [6, 6.07) is 12.7. The molecule has 136 valence electrons. The van der Waals surface area contributed by atoms with E-state index < -0.39 is 6.10 Å². The van der Waals surface area contributed by atoms with Crippen molar-refractivity contribution in [1.29, 1.82) is 0 Å². The second-order valence-corrected chi connectivity index (χ2v) is 7.16. The van der Waals surface area contributed by atoms with Crippen molar-refractivity contribution in [3.05, 3.63) is 81.8 Å². The number of ether oxygens (including phenoxy) is 1. The lowest BCUT2D eigenvalue weighted by molar-refractivity contribution is -0.687. The van der Waals surface area contributed by atoms with Crippen LogP contribution in [-0.4, -0.2) is 22.4 Å². The zero-order valence-corrected chi connectivity index (χ0v) is 16.1. The first-order valence-electron chi connectivity index (χ1n) is 8.05. The Morgan fingerprint density at radius 3 is 2.65 bits per heavy atom. The molecule has 0 aliphatic rings. The first kappa shape index (κ1) is 19.1. The van der Waals surface area contributed by atoms with Gasteiger partial charge in [-0.3, -0.25) is 0 Å². The standard InChI is InChI=1S/C19H18Cl3N2O2/c20-15-5-6-19(18(22)9-15)26-12-16(25)11-24-8-7-23(13-24)10-14-3-1-2-4-17(14)21/h1-9,13,16,25H,10-12H2/q+1/t16-/m1/s1. The van der Waals surface area contributed by atoms with Crippen molar-refractivity contribution >= 4 is 34.8 Å². The summed E-state index contributed by atoms with van der Waals surface area (Å²) in [6.45, 7) is 1.20. The Morgan fingerprint density at radius 1 is 1.08 bits per heavy atom. The number of aliphatic hydroxyl groups is 1. The van der Waals surface area contributed by atoms with Crippen LogP contribution in [0.2, 0.25) is 15.1 Å². The Morgan fingerprint density at radius 2 is 1.88 bits per heavy atom. The lowest BCUT2D eigenvalue weighted by Crippen LogP contribution is -2.32. The number of hydrogen-bond donors (Lipinski definition) is 1. The normalized spacial score (nSPS) is 12.2. The average molecular weight is 413 g/mol.